The lowest BCUT2D eigenvalue weighted by Gasteiger charge is -2.01. The standard InChI is InChI=1S/C9H6ClN3O2/c10-6-5-11-3-1-8(6)13-4-2-7(12-13)9(14)15/h1-5H,(H,14,15). The van der Waals surface area contributed by atoms with Gasteiger partial charge in [0, 0.05) is 18.6 Å². The highest BCUT2D eigenvalue weighted by molar-refractivity contribution is 6.32. The van der Waals surface area contributed by atoms with Gasteiger partial charge in [-0.2, -0.15) is 5.10 Å². The molecule has 0 saturated heterocycles. The molecule has 15 heavy (non-hydrogen) atoms. The van der Waals surface area contributed by atoms with Crippen LogP contribution in [0.4, 0.5) is 0 Å². The largest absolute Gasteiger partial charge is 0.476 e. The molecule has 5 nitrogen and oxygen atoms in total. The molecule has 0 bridgehead atoms. The van der Waals surface area contributed by atoms with Crippen LogP contribution in [0, 0.1) is 0 Å². The van der Waals surface area contributed by atoms with Crippen LogP contribution >= 0.6 is 11.6 Å². The SMILES string of the molecule is O=C(O)c1ccn(-c2ccncc2Cl)n1. The summed E-state index contributed by atoms with van der Waals surface area (Å²) in [6.07, 6.45) is 4.56. The lowest BCUT2D eigenvalue weighted by atomic mass is 10.4. The molecule has 0 unspecified atom stereocenters. The zero-order chi connectivity index (χ0) is 10.8. The molecule has 0 saturated carbocycles. The summed E-state index contributed by atoms with van der Waals surface area (Å²) in [5, 5.41) is 13.0. The summed E-state index contributed by atoms with van der Waals surface area (Å²) in [6, 6.07) is 3.06. The van der Waals surface area contributed by atoms with E-state index >= 15 is 0 Å². The lowest BCUT2D eigenvalue weighted by Crippen LogP contribution is -2.01. The summed E-state index contributed by atoms with van der Waals surface area (Å²) < 4.78 is 1.40. The molecular weight excluding hydrogens is 218 g/mol. The van der Waals surface area contributed by atoms with Gasteiger partial charge in [-0.3, -0.25) is 4.98 Å². The highest BCUT2D eigenvalue weighted by Crippen LogP contribution is 2.17. The van der Waals surface area contributed by atoms with Crippen molar-refractivity contribution >= 4 is 17.6 Å². The average molecular weight is 224 g/mol. The Morgan fingerprint density at radius 3 is 2.87 bits per heavy atom. The molecule has 0 aliphatic carbocycles. The first kappa shape index (κ1) is 9.67. The molecule has 2 heterocycles. The highest BCUT2D eigenvalue weighted by Gasteiger charge is 2.09. The first-order valence-electron chi connectivity index (χ1n) is 4.07. The van der Waals surface area contributed by atoms with Crippen molar-refractivity contribution in [2.75, 3.05) is 0 Å². The molecule has 2 aromatic rings. The minimum atomic E-state index is -1.07. The number of carboxylic acids is 1. The summed E-state index contributed by atoms with van der Waals surface area (Å²) in [5.74, 6) is -1.07. The third-order valence-electron chi connectivity index (χ3n) is 1.81. The van der Waals surface area contributed by atoms with Gasteiger partial charge in [-0.1, -0.05) is 11.6 Å². The van der Waals surface area contributed by atoms with Crippen molar-refractivity contribution in [3.05, 3.63) is 41.4 Å². The number of pyridine rings is 1. The molecule has 1 N–H and O–H groups in total. The summed E-state index contributed by atoms with van der Waals surface area (Å²) in [7, 11) is 0. The monoisotopic (exact) mass is 223 g/mol. The predicted molar refractivity (Wildman–Crippen MR) is 53.3 cm³/mol. The van der Waals surface area contributed by atoms with Gasteiger partial charge < -0.3 is 5.11 Å². The summed E-state index contributed by atoms with van der Waals surface area (Å²) in [4.78, 5) is 14.4. The van der Waals surface area contributed by atoms with E-state index in [1.54, 1.807) is 12.3 Å². The van der Waals surface area contributed by atoms with E-state index in [-0.39, 0.29) is 5.69 Å². The van der Waals surface area contributed by atoms with Gasteiger partial charge in [0.05, 0.1) is 10.7 Å². The minimum Gasteiger partial charge on any atom is -0.476 e. The van der Waals surface area contributed by atoms with Crippen LogP contribution in [0.3, 0.4) is 0 Å². The van der Waals surface area contributed by atoms with E-state index < -0.39 is 5.97 Å². The van der Waals surface area contributed by atoms with E-state index in [2.05, 4.69) is 10.1 Å². The maximum absolute atomic E-state index is 10.6. The van der Waals surface area contributed by atoms with E-state index in [0.717, 1.165) is 0 Å². The van der Waals surface area contributed by atoms with Crippen LogP contribution in [0.2, 0.25) is 5.02 Å². The minimum absolute atomic E-state index is 0.0251. The number of aromatic nitrogens is 3. The number of nitrogens with zero attached hydrogens (tertiary/aromatic N) is 3. The first-order valence-corrected chi connectivity index (χ1v) is 4.45. The number of carbonyl (C=O) groups is 1. The number of halogens is 1. The number of aromatic carboxylic acids is 1. The Labute approximate surface area is 89.9 Å². The smallest absolute Gasteiger partial charge is 0.356 e. The Kier molecular flexibility index (Phi) is 2.39. The first-order chi connectivity index (χ1) is 7.18. The molecule has 2 aromatic heterocycles. The Balaban J connectivity index is 2.46. The molecule has 76 valence electrons. The second-order valence-corrected chi connectivity index (χ2v) is 3.18. The molecule has 6 heteroatoms. The van der Waals surface area contributed by atoms with Crippen LogP contribution in [-0.4, -0.2) is 25.8 Å². The van der Waals surface area contributed by atoms with Gasteiger partial charge in [0.1, 0.15) is 0 Å². The number of hydrogen-bond donors (Lipinski definition) is 1. The lowest BCUT2D eigenvalue weighted by molar-refractivity contribution is 0.0690. The van der Waals surface area contributed by atoms with Crippen LogP contribution in [-0.2, 0) is 0 Å². The van der Waals surface area contributed by atoms with Gasteiger partial charge in [-0.15, -0.1) is 0 Å². The van der Waals surface area contributed by atoms with Crippen molar-refractivity contribution in [1.82, 2.24) is 14.8 Å². The normalized spacial score (nSPS) is 10.2. The molecule has 0 amide bonds. The Morgan fingerprint density at radius 2 is 2.27 bits per heavy atom. The fraction of sp³-hybridized carbons (Fsp3) is 0. The number of rotatable bonds is 2. The van der Waals surface area contributed by atoms with Crippen LogP contribution in [0.25, 0.3) is 5.69 Å². The fourth-order valence-corrected chi connectivity index (χ4v) is 1.33. The van der Waals surface area contributed by atoms with Gasteiger partial charge >= 0.3 is 5.97 Å². The Morgan fingerprint density at radius 1 is 1.47 bits per heavy atom. The van der Waals surface area contributed by atoms with Crippen LogP contribution in [0.1, 0.15) is 10.5 Å². The second kappa shape index (κ2) is 3.70. The van der Waals surface area contributed by atoms with Gasteiger partial charge in [-0.25, -0.2) is 9.48 Å². The van der Waals surface area contributed by atoms with Crippen LogP contribution in [0.15, 0.2) is 30.7 Å². The van der Waals surface area contributed by atoms with Gasteiger partial charge in [0.2, 0.25) is 0 Å². The van der Waals surface area contributed by atoms with Crippen molar-refractivity contribution in [2.24, 2.45) is 0 Å². The molecular formula is C9H6ClN3O2. The molecule has 0 spiro atoms. The Bertz CT molecular complexity index is 510. The summed E-state index contributed by atoms with van der Waals surface area (Å²) in [5.41, 5.74) is 0.571. The van der Waals surface area contributed by atoms with Crippen molar-refractivity contribution in [3.8, 4) is 5.69 Å². The van der Waals surface area contributed by atoms with E-state index in [4.69, 9.17) is 16.7 Å². The molecule has 0 aromatic carbocycles. The predicted octanol–water partition coefficient (Wildman–Crippen LogP) is 1.62. The zero-order valence-corrected chi connectivity index (χ0v) is 8.22. The summed E-state index contributed by atoms with van der Waals surface area (Å²) >= 11 is 5.88. The number of hydrogen-bond acceptors (Lipinski definition) is 3. The molecule has 2 rings (SSSR count). The quantitative estimate of drug-likeness (QED) is 0.840. The molecule has 0 aliphatic rings. The van der Waals surface area contributed by atoms with E-state index in [1.165, 1.54) is 23.1 Å². The van der Waals surface area contributed by atoms with E-state index in [9.17, 15) is 4.79 Å². The highest BCUT2D eigenvalue weighted by atomic mass is 35.5. The maximum Gasteiger partial charge on any atom is 0.356 e. The molecule has 0 radical (unpaired) electrons. The second-order valence-electron chi connectivity index (χ2n) is 2.78. The van der Waals surface area contributed by atoms with Crippen molar-refractivity contribution < 1.29 is 9.90 Å². The van der Waals surface area contributed by atoms with Crippen LogP contribution < -0.4 is 0 Å². The number of carboxylic acid groups (broad SMARTS) is 1. The molecule has 0 atom stereocenters. The third kappa shape index (κ3) is 1.82. The van der Waals surface area contributed by atoms with Gasteiger partial charge in [-0.05, 0) is 12.1 Å². The summed E-state index contributed by atoms with van der Waals surface area (Å²) in [6.45, 7) is 0. The topological polar surface area (TPSA) is 68.0 Å². The molecule has 0 aliphatic heterocycles. The molecule has 0 fully saturated rings. The average Bonchev–Trinajstić information content (AvgIpc) is 2.67. The van der Waals surface area contributed by atoms with Crippen molar-refractivity contribution in [3.63, 3.8) is 0 Å². The fourth-order valence-electron chi connectivity index (χ4n) is 1.13. The maximum atomic E-state index is 10.6. The Hall–Kier alpha value is -1.88. The van der Waals surface area contributed by atoms with E-state index in [0.29, 0.717) is 10.7 Å². The van der Waals surface area contributed by atoms with Gasteiger partial charge in [0.15, 0.2) is 5.69 Å². The van der Waals surface area contributed by atoms with Gasteiger partial charge in [0.25, 0.3) is 0 Å². The van der Waals surface area contributed by atoms with Crippen molar-refractivity contribution in [2.45, 2.75) is 0 Å². The zero-order valence-electron chi connectivity index (χ0n) is 7.46. The van der Waals surface area contributed by atoms with Crippen molar-refractivity contribution in [1.29, 1.82) is 0 Å². The third-order valence-corrected chi connectivity index (χ3v) is 2.10. The van der Waals surface area contributed by atoms with E-state index in [1.807, 2.05) is 0 Å². The van der Waals surface area contributed by atoms with Crippen LogP contribution in [0.5, 0.6) is 0 Å².